The van der Waals surface area contributed by atoms with Gasteiger partial charge in [0.1, 0.15) is 0 Å². The Hall–Kier alpha value is -3.47. The number of fused-ring (bicyclic) bond motifs is 1. The summed E-state index contributed by atoms with van der Waals surface area (Å²) in [7, 11) is 1.90. The minimum atomic E-state index is -0.142. The van der Waals surface area contributed by atoms with E-state index in [9.17, 15) is 4.79 Å². The minimum Gasteiger partial charge on any atom is -0.320 e. The lowest BCUT2D eigenvalue weighted by Crippen LogP contribution is -2.17. The molecule has 1 amide bonds. The Bertz CT molecular complexity index is 1120. The summed E-state index contributed by atoms with van der Waals surface area (Å²) in [5.74, 6) is -0.142. The fourth-order valence-electron chi connectivity index (χ4n) is 3.93. The van der Waals surface area contributed by atoms with E-state index >= 15 is 0 Å². The summed E-state index contributed by atoms with van der Waals surface area (Å²) in [5.41, 5.74) is 8.96. The Morgan fingerprint density at radius 2 is 1.97 bits per heavy atom. The van der Waals surface area contributed by atoms with Crippen LogP contribution in [0, 0.1) is 6.92 Å². The van der Waals surface area contributed by atoms with E-state index in [1.165, 1.54) is 5.57 Å². The summed E-state index contributed by atoms with van der Waals surface area (Å²) >= 11 is 0. The molecule has 1 aliphatic rings. The Kier molecular flexibility index (Phi) is 9.34. The van der Waals surface area contributed by atoms with Crippen molar-refractivity contribution in [3.8, 4) is 0 Å². The molecule has 1 aromatic heterocycles. The maximum atomic E-state index is 13.1. The summed E-state index contributed by atoms with van der Waals surface area (Å²) in [6.45, 7) is 18.8. The first-order valence-corrected chi connectivity index (χ1v) is 11.3. The van der Waals surface area contributed by atoms with Crippen molar-refractivity contribution in [2.75, 3.05) is 5.32 Å². The van der Waals surface area contributed by atoms with Crippen LogP contribution >= 0.6 is 0 Å². The number of rotatable bonds is 6. The van der Waals surface area contributed by atoms with Gasteiger partial charge in [-0.3, -0.25) is 14.5 Å². The van der Waals surface area contributed by atoms with Crippen molar-refractivity contribution >= 4 is 23.4 Å². The number of aryl methyl sites for hydroxylation is 3. The van der Waals surface area contributed by atoms with Gasteiger partial charge >= 0.3 is 0 Å². The van der Waals surface area contributed by atoms with Crippen LogP contribution in [0.2, 0.25) is 0 Å². The molecule has 3 rings (SSSR count). The first kappa shape index (κ1) is 25.8. The number of hydrogen-bond acceptors (Lipinski definition) is 3. The number of nitrogens with one attached hydrogen (secondary N) is 1. The molecular formula is C28H36N4O. The van der Waals surface area contributed by atoms with E-state index in [4.69, 9.17) is 0 Å². The Morgan fingerprint density at radius 1 is 1.27 bits per heavy atom. The van der Waals surface area contributed by atoms with Crippen LogP contribution in [0.25, 0.3) is 5.57 Å². The predicted molar refractivity (Wildman–Crippen MR) is 141 cm³/mol. The molecule has 1 heterocycles. The zero-order chi connectivity index (χ0) is 24.5. The highest BCUT2D eigenvalue weighted by Crippen LogP contribution is 2.32. The number of benzene rings is 1. The SMILES string of the molecule is C=CC(=C)C.C=CN=CC1=C(C)c2c(c(C(=O)Nc3c(C)cccc3CC)nn2C)CCC1. The fraction of sp³-hybridized carbons (Fsp3) is 0.321. The molecule has 1 aliphatic carbocycles. The number of aliphatic imine (C=N–C) groups is 1. The zero-order valence-corrected chi connectivity index (χ0v) is 20.7. The summed E-state index contributed by atoms with van der Waals surface area (Å²) in [5, 5.41) is 7.71. The lowest BCUT2D eigenvalue weighted by molar-refractivity contribution is 0.102. The van der Waals surface area contributed by atoms with Crippen LogP contribution in [0.3, 0.4) is 0 Å². The van der Waals surface area contributed by atoms with Crippen LogP contribution in [-0.4, -0.2) is 21.9 Å². The number of allylic oxidation sites excluding steroid dienone is 4. The smallest absolute Gasteiger partial charge is 0.276 e. The zero-order valence-electron chi connectivity index (χ0n) is 20.7. The van der Waals surface area contributed by atoms with Crippen LogP contribution < -0.4 is 5.32 Å². The number of carbonyl (C=O) groups excluding carboxylic acids is 1. The van der Waals surface area contributed by atoms with Gasteiger partial charge in [0.25, 0.3) is 5.91 Å². The van der Waals surface area contributed by atoms with Crippen LogP contribution in [0.15, 0.2) is 66.4 Å². The van der Waals surface area contributed by atoms with Crippen molar-refractivity contribution in [3.05, 3.63) is 89.4 Å². The Balaban J connectivity index is 0.000000696. The molecule has 1 aromatic carbocycles. The van der Waals surface area contributed by atoms with Gasteiger partial charge in [-0.25, -0.2) is 0 Å². The van der Waals surface area contributed by atoms with E-state index in [2.05, 4.69) is 55.1 Å². The fourth-order valence-corrected chi connectivity index (χ4v) is 3.93. The third kappa shape index (κ3) is 6.28. The van der Waals surface area contributed by atoms with E-state index in [1.807, 2.05) is 43.9 Å². The third-order valence-corrected chi connectivity index (χ3v) is 5.73. The molecule has 0 atom stereocenters. The predicted octanol–water partition coefficient (Wildman–Crippen LogP) is 6.62. The van der Waals surface area contributed by atoms with E-state index in [0.717, 1.165) is 64.9 Å². The lowest BCUT2D eigenvalue weighted by atomic mass is 10.0. The average molecular weight is 445 g/mol. The average Bonchev–Trinajstić information content (AvgIpc) is 3.03. The largest absolute Gasteiger partial charge is 0.320 e. The van der Waals surface area contributed by atoms with Gasteiger partial charge in [0, 0.05) is 30.7 Å². The number of carbonyl (C=O) groups is 1. The van der Waals surface area contributed by atoms with Gasteiger partial charge in [-0.05, 0) is 68.7 Å². The number of hydrogen-bond donors (Lipinski definition) is 1. The van der Waals surface area contributed by atoms with E-state index in [1.54, 1.807) is 12.3 Å². The van der Waals surface area contributed by atoms with Gasteiger partial charge in [-0.1, -0.05) is 56.5 Å². The molecule has 174 valence electrons. The number of amides is 1. The quantitative estimate of drug-likeness (QED) is 0.402. The first-order valence-electron chi connectivity index (χ1n) is 11.3. The van der Waals surface area contributed by atoms with Gasteiger partial charge in [0.05, 0.1) is 5.69 Å². The van der Waals surface area contributed by atoms with Crippen LogP contribution in [0.4, 0.5) is 5.69 Å². The molecule has 0 aliphatic heterocycles. The number of nitrogens with zero attached hydrogens (tertiary/aromatic N) is 3. The molecular weight excluding hydrogens is 408 g/mol. The van der Waals surface area contributed by atoms with Crippen molar-refractivity contribution in [1.82, 2.24) is 9.78 Å². The normalized spacial score (nSPS) is 13.0. The second-order valence-corrected chi connectivity index (χ2v) is 8.23. The molecule has 2 aromatic rings. The molecule has 0 saturated carbocycles. The standard InChI is InChI=1S/C23H28N4O.C5H8/c1-6-17-11-8-10-15(3)20(17)25-23(28)21-19-13-9-12-18(14-24-7-2)16(4)22(19)27(5)26-21;1-4-5(2)3/h7-8,10-11,14H,2,6,9,12-13H2,1,3-5H3,(H,25,28);4H,1-2H2,3H3. The topological polar surface area (TPSA) is 59.3 Å². The molecule has 0 saturated heterocycles. The maximum absolute atomic E-state index is 13.1. The van der Waals surface area contributed by atoms with E-state index in [0.29, 0.717) is 5.69 Å². The molecule has 5 heteroatoms. The van der Waals surface area contributed by atoms with Gasteiger partial charge in [-0.15, -0.1) is 0 Å². The van der Waals surface area contributed by atoms with Crippen molar-refractivity contribution in [2.45, 2.75) is 53.4 Å². The van der Waals surface area contributed by atoms with Crippen molar-refractivity contribution in [2.24, 2.45) is 12.0 Å². The maximum Gasteiger partial charge on any atom is 0.276 e. The molecule has 1 N–H and O–H groups in total. The molecule has 0 fully saturated rings. The van der Waals surface area contributed by atoms with E-state index in [-0.39, 0.29) is 5.91 Å². The van der Waals surface area contributed by atoms with Crippen LogP contribution in [0.5, 0.6) is 0 Å². The molecule has 0 spiro atoms. The Morgan fingerprint density at radius 3 is 2.58 bits per heavy atom. The minimum absolute atomic E-state index is 0.142. The summed E-state index contributed by atoms with van der Waals surface area (Å²) in [6, 6.07) is 6.10. The molecule has 0 unspecified atom stereocenters. The monoisotopic (exact) mass is 444 g/mol. The van der Waals surface area contributed by atoms with Crippen LogP contribution in [0.1, 0.15) is 66.5 Å². The summed E-state index contributed by atoms with van der Waals surface area (Å²) < 4.78 is 1.82. The molecule has 0 bridgehead atoms. The van der Waals surface area contributed by atoms with Gasteiger partial charge in [0.2, 0.25) is 0 Å². The van der Waals surface area contributed by atoms with Crippen LogP contribution in [-0.2, 0) is 19.9 Å². The van der Waals surface area contributed by atoms with Crippen molar-refractivity contribution < 1.29 is 4.79 Å². The van der Waals surface area contributed by atoms with Crippen molar-refractivity contribution in [1.29, 1.82) is 0 Å². The number of anilines is 1. The van der Waals surface area contributed by atoms with Gasteiger partial charge in [0.15, 0.2) is 5.69 Å². The second-order valence-electron chi connectivity index (χ2n) is 8.23. The lowest BCUT2D eigenvalue weighted by Gasteiger charge is -2.12. The highest BCUT2D eigenvalue weighted by molar-refractivity contribution is 6.05. The molecule has 0 radical (unpaired) electrons. The van der Waals surface area contributed by atoms with Gasteiger partial charge < -0.3 is 5.32 Å². The highest BCUT2D eigenvalue weighted by Gasteiger charge is 2.26. The molecule has 33 heavy (non-hydrogen) atoms. The van der Waals surface area contributed by atoms with Crippen molar-refractivity contribution in [3.63, 3.8) is 0 Å². The van der Waals surface area contributed by atoms with E-state index < -0.39 is 0 Å². The summed E-state index contributed by atoms with van der Waals surface area (Å²) in [4.78, 5) is 17.3. The summed E-state index contributed by atoms with van der Waals surface area (Å²) in [6.07, 6.45) is 8.71. The third-order valence-electron chi connectivity index (χ3n) is 5.73. The Labute approximate surface area is 198 Å². The van der Waals surface area contributed by atoms with Gasteiger partial charge in [-0.2, -0.15) is 5.10 Å². The molecule has 5 nitrogen and oxygen atoms in total. The first-order chi connectivity index (χ1) is 15.7. The number of aromatic nitrogens is 2. The number of para-hydroxylation sites is 1. The second kappa shape index (κ2) is 12.0. The highest BCUT2D eigenvalue weighted by atomic mass is 16.2.